The van der Waals surface area contributed by atoms with Crippen molar-refractivity contribution >= 4 is 0 Å². The van der Waals surface area contributed by atoms with Gasteiger partial charge < -0.3 is 5.32 Å². The van der Waals surface area contributed by atoms with E-state index in [1.54, 1.807) is 6.07 Å². The van der Waals surface area contributed by atoms with Gasteiger partial charge in [0.05, 0.1) is 0 Å². The number of hydrogen-bond acceptors (Lipinski definition) is 1. The van der Waals surface area contributed by atoms with Gasteiger partial charge in [0.25, 0.3) is 0 Å². The SMILES string of the molecule is Cc1ccc(F)c(CNCCCC2CC2)c1. The summed E-state index contributed by atoms with van der Waals surface area (Å²) in [5.74, 6) is 0.901. The van der Waals surface area contributed by atoms with E-state index in [9.17, 15) is 4.39 Å². The summed E-state index contributed by atoms with van der Waals surface area (Å²) in [4.78, 5) is 0. The van der Waals surface area contributed by atoms with Crippen LogP contribution in [0.3, 0.4) is 0 Å². The van der Waals surface area contributed by atoms with E-state index >= 15 is 0 Å². The predicted molar refractivity (Wildman–Crippen MR) is 64.8 cm³/mol. The average molecular weight is 221 g/mol. The number of rotatable bonds is 6. The molecule has 1 saturated carbocycles. The van der Waals surface area contributed by atoms with Gasteiger partial charge in [-0.25, -0.2) is 4.39 Å². The van der Waals surface area contributed by atoms with E-state index in [-0.39, 0.29) is 5.82 Å². The maximum atomic E-state index is 13.4. The zero-order chi connectivity index (χ0) is 11.4. The highest BCUT2D eigenvalue weighted by molar-refractivity contribution is 5.23. The summed E-state index contributed by atoms with van der Waals surface area (Å²) >= 11 is 0. The van der Waals surface area contributed by atoms with E-state index in [4.69, 9.17) is 0 Å². The Hall–Kier alpha value is -0.890. The minimum Gasteiger partial charge on any atom is -0.313 e. The molecular formula is C14H20FN. The van der Waals surface area contributed by atoms with Crippen molar-refractivity contribution in [1.29, 1.82) is 0 Å². The summed E-state index contributed by atoms with van der Waals surface area (Å²) in [7, 11) is 0. The second-order valence-electron chi connectivity index (χ2n) is 4.86. The molecule has 1 fully saturated rings. The summed E-state index contributed by atoms with van der Waals surface area (Å²) in [6.07, 6.45) is 5.40. The summed E-state index contributed by atoms with van der Waals surface area (Å²) < 4.78 is 13.4. The quantitative estimate of drug-likeness (QED) is 0.726. The molecule has 16 heavy (non-hydrogen) atoms. The second-order valence-corrected chi connectivity index (χ2v) is 4.86. The molecule has 2 rings (SSSR count). The Balaban J connectivity index is 1.69. The molecule has 1 aliphatic rings. The van der Waals surface area contributed by atoms with Crippen molar-refractivity contribution in [3.63, 3.8) is 0 Å². The molecule has 2 heteroatoms. The van der Waals surface area contributed by atoms with Crippen molar-refractivity contribution < 1.29 is 4.39 Å². The van der Waals surface area contributed by atoms with E-state index in [1.165, 1.54) is 25.7 Å². The maximum Gasteiger partial charge on any atom is 0.127 e. The molecule has 0 atom stereocenters. The van der Waals surface area contributed by atoms with Crippen molar-refractivity contribution in [1.82, 2.24) is 5.32 Å². The topological polar surface area (TPSA) is 12.0 Å². The van der Waals surface area contributed by atoms with Crippen LogP contribution in [0.1, 0.15) is 36.8 Å². The molecule has 0 unspecified atom stereocenters. The Labute approximate surface area is 97.1 Å². The van der Waals surface area contributed by atoms with Gasteiger partial charge in [0, 0.05) is 12.1 Å². The number of nitrogens with one attached hydrogen (secondary N) is 1. The zero-order valence-corrected chi connectivity index (χ0v) is 9.93. The van der Waals surface area contributed by atoms with Gasteiger partial charge in [0.2, 0.25) is 0 Å². The first-order chi connectivity index (χ1) is 7.75. The Morgan fingerprint density at radius 1 is 1.38 bits per heavy atom. The van der Waals surface area contributed by atoms with Crippen molar-refractivity contribution in [3.8, 4) is 0 Å². The highest BCUT2D eigenvalue weighted by Crippen LogP contribution is 2.33. The zero-order valence-electron chi connectivity index (χ0n) is 9.93. The lowest BCUT2D eigenvalue weighted by molar-refractivity contribution is 0.564. The van der Waals surface area contributed by atoms with Gasteiger partial charge in [0.15, 0.2) is 0 Å². The number of hydrogen-bond donors (Lipinski definition) is 1. The van der Waals surface area contributed by atoms with Crippen LogP contribution in [0.2, 0.25) is 0 Å². The van der Waals surface area contributed by atoms with E-state index in [0.29, 0.717) is 6.54 Å². The molecule has 1 N–H and O–H groups in total. The van der Waals surface area contributed by atoms with Gasteiger partial charge in [-0.1, -0.05) is 30.5 Å². The van der Waals surface area contributed by atoms with Gasteiger partial charge >= 0.3 is 0 Å². The molecule has 1 aliphatic carbocycles. The average Bonchev–Trinajstić information content (AvgIpc) is 3.06. The van der Waals surface area contributed by atoms with E-state index in [2.05, 4.69) is 5.32 Å². The first-order valence-corrected chi connectivity index (χ1v) is 6.21. The number of aryl methyl sites for hydroxylation is 1. The maximum absolute atomic E-state index is 13.4. The summed E-state index contributed by atoms with van der Waals surface area (Å²) in [6, 6.07) is 5.28. The fourth-order valence-electron chi connectivity index (χ4n) is 1.98. The first kappa shape index (κ1) is 11.6. The van der Waals surface area contributed by atoms with Crippen LogP contribution in [0, 0.1) is 18.7 Å². The third-order valence-electron chi connectivity index (χ3n) is 3.18. The lowest BCUT2D eigenvalue weighted by Crippen LogP contribution is -2.15. The summed E-state index contributed by atoms with van der Waals surface area (Å²) in [5, 5.41) is 3.31. The molecule has 0 aliphatic heterocycles. The highest BCUT2D eigenvalue weighted by atomic mass is 19.1. The predicted octanol–water partition coefficient (Wildman–Crippen LogP) is 3.41. The van der Waals surface area contributed by atoms with Crippen molar-refractivity contribution in [2.45, 2.75) is 39.2 Å². The summed E-state index contributed by atoms with van der Waals surface area (Å²) in [5.41, 5.74) is 1.91. The van der Waals surface area contributed by atoms with Crippen LogP contribution < -0.4 is 5.32 Å². The number of halogens is 1. The van der Waals surface area contributed by atoms with Crippen LogP contribution >= 0.6 is 0 Å². The third kappa shape index (κ3) is 3.60. The van der Waals surface area contributed by atoms with Gasteiger partial charge in [-0.05, 0) is 38.3 Å². The Bertz CT molecular complexity index is 345. The molecule has 0 aromatic heterocycles. The normalized spacial score (nSPS) is 15.4. The van der Waals surface area contributed by atoms with Crippen LogP contribution in [-0.4, -0.2) is 6.54 Å². The molecule has 0 radical (unpaired) electrons. The van der Waals surface area contributed by atoms with Crippen molar-refractivity contribution in [2.24, 2.45) is 5.92 Å². The van der Waals surface area contributed by atoms with Crippen molar-refractivity contribution in [3.05, 3.63) is 35.1 Å². The van der Waals surface area contributed by atoms with Gasteiger partial charge in [0.1, 0.15) is 5.82 Å². The minimum absolute atomic E-state index is 0.0970. The van der Waals surface area contributed by atoms with Crippen LogP contribution in [0.4, 0.5) is 4.39 Å². The van der Waals surface area contributed by atoms with E-state index < -0.39 is 0 Å². The molecule has 0 spiro atoms. The van der Waals surface area contributed by atoms with E-state index in [0.717, 1.165) is 23.6 Å². The minimum atomic E-state index is -0.0970. The largest absolute Gasteiger partial charge is 0.313 e. The molecule has 0 amide bonds. The lowest BCUT2D eigenvalue weighted by atomic mass is 10.1. The Morgan fingerprint density at radius 3 is 2.94 bits per heavy atom. The smallest absolute Gasteiger partial charge is 0.127 e. The molecule has 88 valence electrons. The van der Waals surface area contributed by atoms with Crippen LogP contribution in [0.15, 0.2) is 18.2 Å². The fraction of sp³-hybridized carbons (Fsp3) is 0.571. The molecule has 1 aromatic carbocycles. The molecule has 1 nitrogen and oxygen atoms in total. The molecule has 0 heterocycles. The van der Waals surface area contributed by atoms with Crippen LogP contribution in [0.25, 0.3) is 0 Å². The van der Waals surface area contributed by atoms with Crippen LogP contribution in [-0.2, 0) is 6.54 Å². The highest BCUT2D eigenvalue weighted by Gasteiger charge is 2.19. The Kier molecular flexibility index (Phi) is 3.94. The van der Waals surface area contributed by atoms with Gasteiger partial charge in [-0.2, -0.15) is 0 Å². The fourth-order valence-corrected chi connectivity index (χ4v) is 1.98. The standard InChI is InChI=1S/C14H20FN/c1-11-4-7-14(15)13(9-11)10-16-8-2-3-12-5-6-12/h4,7,9,12,16H,2-3,5-6,8,10H2,1H3. The van der Waals surface area contributed by atoms with Crippen LogP contribution in [0.5, 0.6) is 0 Å². The van der Waals surface area contributed by atoms with Gasteiger partial charge in [-0.15, -0.1) is 0 Å². The monoisotopic (exact) mass is 221 g/mol. The summed E-state index contributed by atoms with van der Waals surface area (Å²) in [6.45, 7) is 3.65. The third-order valence-corrected chi connectivity index (χ3v) is 3.18. The first-order valence-electron chi connectivity index (χ1n) is 6.21. The van der Waals surface area contributed by atoms with E-state index in [1.807, 2.05) is 19.1 Å². The molecular weight excluding hydrogens is 201 g/mol. The van der Waals surface area contributed by atoms with Gasteiger partial charge in [-0.3, -0.25) is 0 Å². The lowest BCUT2D eigenvalue weighted by Gasteiger charge is -2.06. The molecule has 1 aromatic rings. The molecule has 0 bridgehead atoms. The van der Waals surface area contributed by atoms with Crippen molar-refractivity contribution in [2.75, 3.05) is 6.54 Å². The Morgan fingerprint density at radius 2 is 2.19 bits per heavy atom. The molecule has 0 saturated heterocycles. The number of benzene rings is 1. The second kappa shape index (κ2) is 5.44.